The topological polar surface area (TPSA) is 79.8 Å². The Bertz CT molecular complexity index is 919. The van der Waals surface area contributed by atoms with Crippen LogP contribution in [0, 0.1) is 13.8 Å². The van der Waals surface area contributed by atoms with Crippen LogP contribution >= 0.6 is 0 Å². The Morgan fingerprint density at radius 3 is 2.54 bits per heavy atom. The Morgan fingerprint density at radius 2 is 1.85 bits per heavy atom. The van der Waals surface area contributed by atoms with Crippen LogP contribution in [0.15, 0.2) is 30.5 Å². The first-order valence-electron chi connectivity index (χ1n) is 8.81. The zero-order valence-corrected chi connectivity index (χ0v) is 15.3. The number of amides is 1. The average molecular weight is 349 g/mol. The lowest BCUT2D eigenvalue weighted by Crippen LogP contribution is -2.06. The van der Waals surface area contributed by atoms with Gasteiger partial charge in [0.2, 0.25) is 12.4 Å². The lowest BCUT2D eigenvalue weighted by atomic mass is 10.0. The number of carbonyl (C=O) groups is 1. The minimum atomic E-state index is 0.249. The molecule has 2 aromatic heterocycles. The Kier molecular flexibility index (Phi) is 5.41. The maximum Gasteiger partial charge on any atom is 0.231 e. The molecule has 0 atom stereocenters. The molecule has 0 aliphatic carbocycles. The fourth-order valence-corrected chi connectivity index (χ4v) is 2.95. The van der Waals surface area contributed by atoms with Crippen molar-refractivity contribution < 1.29 is 4.79 Å². The van der Waals surface area contributed by atoms with Gasteiger partial charge in [0.15, 0.2) is 5.65 Å². The van der Waals surface area contributed by atoms with Gasteiger partial charge in [-0.2, -0.15) is 4.98 Å². The van der Waals surface area contributed by atoms with Crippen molar-refractivity contribution in [1.82, 2.24) is 15.0 Å². The number of benzene rings is 1. The van der Waals surface area contributed by atoms with E-state index in [9.17, 15) is 4.79 Å². The Hall–Kier alpha value is -3.02. The number of aryl methyl sites for hydroxylation is 2. The highest BCUT2D eigenvalue weighted by molar-refractivity contribution is 5.88. The van der Waals surface area contributed by atoms with E-state index in [0.29, 0.717) is 12.1 Å². The smallest absolute Gasteiger partial charge is 0.231 e. The highest BCUT2D eigenvalue weighted by Crippen LogP contribution is 2.31. The van der Waals surface area contributed by atoms with Gasteiger partial charge in [0.25, 0.3) is 0 Å². The first-order valence-corrected chi connectivity index (χ1v) is 8.81. The Labute approximate surface area is 153 Å². The first-order chi connectivity index (χ1) is 12.6. The van der Waals surface area contributed by atoms with E-state index in [1.54, 1.807) is 6.20 Å². The minimum Gasteiger partial charge on any atom is -0.369 e. The van der Waals surface area contributed by atoms with Crippen LogP contribution in [0.3, 0.4) is 0 Å². The molecular formula is C20H23N5O. The predicted molar refractivity (Wildman–Crippen MR) is 105 cm³/mol. The fraction of sp³-hybridized carbons (Fsp3) is 0.300. The Balaban J connectivity index is 2.13. The molecule has 134 valence electrons. The molecule has 26 heavy (non-hydrogen) atoms. The first kappa shape index (κ1) is 17.8. The van der Waals surface area contributed by atoms with Crippen molar-refractivity contribution in [1.29, 1.82) is 0 Å². The molecule has 0 fully saturated rings. The van der Waals surface area contributed by atoms with Crippen molar-refractivity contribution in [2.75, 3.05) is 17.2 Å². The van der Waals surface area contributed by atoms with Crippen molar-refractivity contribution >= 4 is 29.2 Å². The van der Waals surface area contributed by atoms with E-state index in [1.807, 2.05) is 0 Å². The highest BCUT2D eigenvalue weighted by atomic mass is 16.1. The second-order valence-electron chi connectivity index (χ2n) is 6.41. The molecule has 0 radical (unpaired) electrons. The molecule has 6 heteroatoms. The standard InChI is InChI=1S/C20H23N5O/c1-4-5-6-21-19-17(15-8-13(2)7-14(3)9-15)10-16-11-22-20(23-12-26)25-18(16)24-19/h7-12H,4-6H2,1-3H3,(H2,21,22,23,24,25,26). The lowest BCUT2D eigenvalue weighted by molar-refractivity contribution is -0.105. The average Bonchev–Trinajstić information content (AvgIpc) is 2.60. The maximum atomic E-state index is 10.6. The second-order valence-corrected chi connectivity index (χ2v) is 6.41. The summed E-state index contributed by atoms with van der Waals surface area (Å²) in [5.41, 5.74) is 5.12. The quantitative estimate of drug-likeness (QED) is 0.496. The molecule has 1 amide bonds. The van der Waals surface area contributed by atoms with Gasteiger partial charge in [-0.25, -0.2) is 9.97 Å². The van der Waals surface area contributed by atoms with Crippen molar-refractivity contribution in [3.63, 3.8) is 0 Å². The number of unbranched alkanes of at least 4 members (excludes halogenated alkanes) is 1. The number of hydrogen-bond donors (Lipinski definition) is 2. The molecule has 0 aliphatic heterocycles. The van der Waals surface area contributed by atoms with E-state index in [0.717, 1.165) is 41.7 Å². The van der Waals surface area contributed by atoms with E-state index in [1.165, 1.54) is 11.1 Å². The summed E-state index contributed by atoms with van der Waals surface area (Å²) in [5, 5.41) is 6.73. The molecule has 0 bridgehead atoms. The zero-order valence-electron chi connectivity index (χ0n) is 15.3. The number of fused-ring (bicyclic) bond motifs is 1. The highest BCUT2D eigenvalue weighted by Gasteiger charge is 2.12. The van der Waals surface area contributed by atoms with Crippen LogP contribution in [0.25, 0.3) is 22.2 Å². The molecule has 0 spiro atoms. The normalized spacial score (nSPS) is 10.7. The molecule has 0 aliphatic rings. The third-order valence-electron chi connectivity index (χ3n) is 4.11. The fourth-order valence-electron chi connectivity index (χ4n) is 2.95. The van der Waals surface area contributed by atoms with E-state index in [4.69, 9.17) is 4.98 Å². The maximum absolute atomic E-state index is 10.6. The number of anilines is 2. The SMILES string of the molecule is CCCCNc1nc2nc(NC=O)ncc2cc1-c1cc(C)cc(C)c1. The van der Waals surface area contributed by atoms with Gasteiger partial charge in [0.1, 0.15) is 5.82 Å². The van der Waals surface area contributed by atoms with Gasteiger partial charge >= 0.3 is 0 Å². The van der Waals surface area contributed by atoms with Crippen LogP contribution in [-0.4, -0.2) is 27.9 Å². The van der Waals surface area contributed by atoms with Crippen LogP contribution in [0.4, 0.5) is 11.8 Å². The van der Waals surface area contributed by atoms with Crippen molar-refractivity contribution in [3.05, 3.63) is 41.6 Å². The minimum absolute atomic E-state index is 0.249. The van der Waals surface area contributed by atoms with Crippen LogP contribution in [0.2, 0.25) is 0 Å². The molecule has 0 saturated heterocycles. The number of aromatic nitrogens is 3. The third kappa shape index (κ3) is 3.96. The molecule has 6 nitrogen and oxygen atoms in total. The summed E-state index contributed by atoms with van der Waals surface area (Å²) in [6.45, 7) is 7.19. The van der Waals surface area contributed by atoms with E-state index in [-0.39, 0.29) is 5.95 Å². The number of hydrogen-bond acceptors (Lipinski definition) is 5. The van der Waals surface area contributed by atoms with Crippen molar-refractivity contribution in [3.8, 4) is 11.1 Å². The second kappa shape index (κ2) is 7.91. The molecule has 0 unspecified atom stereocenters. The molecule has 0 saturated carbocycles. The summed E-state index contributed by atoms with van der Waals surface area (Å²) >= 11 is 0. The van der Waals surface area contributed by atoms with Gasteiger partial charge in [0.05, 0.1) is 0 Å². The van der Waals surface area contributed by atoms with Crippen molar-refractivity contribution in [2.24, 2.45) is 0 Å². The third-order valence-corrected chi connectivity index (χ3v) is 4.11. The van der Waals surface area contributed by atoms with Gasteiger partial charge in [-0.3, -0.25) is 10.1 Å². The van der Waals surface area contributed by atoms with Crippen molar-refractivity contribution in [2.45, 2.75) is 33.6 Å². The molecule has 3 aromatic rings. The monoisotopic (exact) mass is 349 g/mol. The van der Waals surface area contributed by atoms with Gasteiger partial charge < -0.3 is 5.32 Å². The molecule has 3 rings (SSSR count). The van der Waals surface area contributed by atoms with E-state index in [2.05, 4.69) is 65.6 Å². The van der Waals surface area contributed by atoms with Crippen LogP contribution in [-0.2, 0) is 4.79 Å². The number of pyridine rings is 1. The number of nitrogens with one attached hydrogen (secondary N) is 2. The summed E-state index contributed by atoms with van der Waals surface area (Å²) in [6.07, 6.45) is 4.41. The number of rotatable bonds is 7. The Morgan fingerprint density at radius 1 is 1.08 bits per heavy atom. The van der Waals surface area contributed by atoms with Crippen LogP contribution < -0.4 is 10.6 Å². The van der Waals surface area contributed by atoms with Crippen LogP contribution in [0.1, 0.15) is 30.9 Å². The lowest BCUT2D eigenvalue weighted by Gasteiger charge is -2.14. The summed E-state index contributed by atoms with van der Waals surface area (Å²) in [5.74, 6) is 1.05. The van der Waals surface area contributed by atoms with Gasteiger partial charge in [0, 0.05) is 23.7 Å². The van der Waals surface area contributed by atoms with E-state index < -0.39 is 0 Å². The molecular weight excluding hydrogens is 326 g/mol. The van der Waals surface area contributed by atoms with Gasteiger partial charge in [-0.15, -0.1) is 0 Å². The molecule has 2 heterocycles. The summed E-state index contributed by atoms with van der Waals surface area (Å²) in [4.78, 5) is 23.8. The number of nitrogens with zero attached hydrogens (tertiary/aromatic N) is 3. The van der Waals surface area contributed by atoms with Gasteiger partial charge in [-0.1, -0.05) is 42.7 Å². The summed E-state index contributed by atoms with van der Waals surface area (Å²) < 4.78 is 0. The zero-order chi connectivity index (χ0) is 18.5. The van der Waals surface area contributed by atoms with Crippen LogP contribution in [0.5, 0.6) is 0 Å². The van der Waals surface area contributed by atoms with E-state index >= 15 is 0 Å². The largest absolute Gasteiger partial charge is 0.369 e. The number of carbonyl (C=O) groups excluding carboxylic acids is 1. The van der Waals surface area contributed by atoms with Gasteiger partial charge in [-0.05, 0) is 31.9 Å². The molecule has 1 aromatic carbocycles. The molecule has 2 N–H and O–H groups in total. The summed E-state index contributed by atoms with van der Waals surface area (Å²) in [7, 11) is 0. The summed E-state index contributed by atoms with van der Waals surface area (Å²) in [6, 6.07) is 8.52. The predicted octanol–water partition coefficient (Wildman–Crippen LogP) is 4.09.